The van der Waals surface area contributed by atoms with Crippen molar-refractivity contribution in [2.24, 2.45) is 11.3 Å². The molecule has 3 fully saturated rings. The first-order valence-corrected chi connectivity index (χ1v) is 12.2. The Morgan fingerprint density at radius 3 is 2.22 bits per heavy atom. The van der Waals surface area contributed by atoms with E-state index in [-0.39, 0.29) is 23.3 Å². The zero-order valence-electron chi connectivity index (χ0n) is 19.8. The maximum Gasteiger partial charge on any atom is 0.326 e. The maximum atomic E-state index is 13.0. The minimum Gasteiger partial charge on any atom is -0.454 e. The highest BCUT2D eigenvalue weighted by Gasteiger charge is 2.53. The number of amides is 4. The van der Waals surface area contributed by atoms with Crippen molar-refractivity contribution >= 4 is 23.8 Å². The minimum atomic E-state index is -0.908. The van der Waals surface area contributed by atoms with E-state index >= 15 is 0 Å². The third-order valence-corrected chi connectivity index (χ3v) is 7.43. The summed E-state index contributed by atoms with van der Waals surface area (Å²) in [5, 5.41) is 5.77. The van der Waals surface area contributed by atoms with E-state index in [9.17, 15) is 19.2 Å². The smallest absolute Gasteiger partial charge is 0.326 e. The number of esters is 1. The normalized spacial score (nSPS) is 27.6. The van der Waals surface area contributed by atoms with Crippen molar-refractivity contribution in [1.82, 2.24) is 15.5 Å². The molecule has 32 heavy (non-hydrogen) atoms. The van der Waals surface area contributed by atoms with Crippen LogP contribution in [0, 0.1) is 11.3 Å². The number of carbonyl (C=O) groups excluding carboxylic acids is 4. The molecule has 1 spiro atoms. The molecule has 3 aliphatic rings. The molecular weight excluding hydrogens is 410 g/mol. The van der Waals surface area contributed by atoms with E-state index in [1.54, 1.807) is 0 Å². The monoisotopic (exact) mass is 449 g/mol. The van der Waals surface area contributed by atoms with Crippen LogP contribution in [0.3, 0.4) is 0 Å². The first-order chi connectivity index (χ1) is 15.1. The molecule has 0 aromatic carbocycles. The summed E-state index contributed by atoms with van der Waals surface area (Å²) < 4.78 is 5.07. The number of urea groups is 1. The van der Waals surface area contributed by atoms with Gasteiger partial charge in [-0.3, -0.25) is 19.3 Å². The highest BCUT2D eigenvalue weighted by Crippen LogP contribution is 2.43. The molecule has 0 bridgehead atoms. The average molecular weight is 450 g/mol. The van der Waals surface area contributed by atoms with Crippen LogP contribution in [0.1, 0.15) is 91.4 Å². The molecule has 2 saturated carbocycles. The molecule has 180 valence electrons. The Morgan fingerprint density at radius 1 is 1.03 bits per heavy atom. The van der Waals surface area contributed by atoms with Crippen molar-refractivity contribution in [2.75, 3.05) is 13.2 Å². The molecule has 1 saturated heterocycles. The number of nitrogens with zero attached hydrogens (tertiary/aromatic N) is 1. The average Bonchev–Trinajstić information content (AvgIpc) is 2.92. The molecule has 0 atom stereocenters. The molecule has 1 aliphatic heterocycles. The van der Waals surface area contributed by atoms with Crippen molar-refractivity contribution in [3.05, 3.63) is 0 Å². The van der Waals surface area contributed by atoms with Gasteiger partial charge in [0.2, 0.25) is 0 Å². The molecule has 1 heterocycles. The van der Waals surface area contributed by atoms with Gasteiger partial charge in [0.1, 0.15) is 12.1 Å². The van der Waals surface area contributed by atoms with E-state index in [2.05, 4.69) is 31.4 Å². The summed E-state index contributed by atoms with van der Waals surface area (Å²) in [5.74, 6) is -0.946. The van der Waals surface area contributed by atoms with Gasteiger partial charge in [0.15, 0.2) is 6.61 Å². The van der Waals surface area contributed by atoms with E-state index in [4.69, 9.17) is 4.74 Å². The molecule has 0 unspecified atom stereocenters. The summed E-state index contributed by atoms with van der Waals surface area (Å²) in [7, 11) is 0. The van der Waals surface area contributed by atoms with Crippen LogP contribution in [0.5, 0.6) is 0 Å². The van der Waals surface area contributed by atoms with Crippen LogP contribution in [0.15, 0.2) is 0 Å². The summed E-state index contributed by atoms with van der Waals surface area (Å²) in [6.07, 6.45) is 10.6. The lowest BCUT2D eigenvalue weighted by Gasteiger charge is -2.40. The van der Waals surface area contributed by atoms with Crippen LogP contribution < -0.4 is 10.6 Å². The summed E-state index contributed by atoms with van der Waals surface area (Å²) in [6.45, 7) is 5.73. The first-order valence-electron chi connectivity index (χ1n) is 12.2. The van der Waals surface area contributed by atoms with Crippen molar-refractivity contribution in [3.8, 4) is 0 Å². The van der Waals surface area contributed by atoms with Crippen molar-refractivity contribution in [1.29, 1.82) is 0 Å². The Hall–Kier alpha value is -2.12. The van der Waals surface area contributed by atoms with E-state index in [0.717, 1.165) is 43.4 Å². The Labute approximate surface area is 191 Å². The van der Waals surface area contributed by atoms with Crippen molar-refractivity contribution < 1.29 is 23.9 Å². The largest absolute Gasteiger partial charge is 0.454 e. The van der Waals surface area contributed by atoms with Gasteiger partial charge in [0.05, 0.1) is 0 Å². The Kier molecular flexibility index (Phi) is 7.83. The quantitative estimate of drug-likeness (QED) is 0.495. The summed E-state index contributed by atoms with van der Waals surface area (Å²) in [5.41, 5.74) is -0.748. The summed E-state index contributed by atoms with van der Waals surface area (Å²) >= 11 is 0. The lowest BCUT2D eigenvalue weighted by Crippen LogP contribution is -2.50. The summed E-state index contributed by atoms with van der Waals surface area (Å²) in [4.78, 5) is 50.8. The second-order valence-corrected chi connectivity index (χ2v) is 10.8. The molecular formula is C24H39N3O5. The number of nitrogens with one attached hydrogen (secondary N) is 2. The number of carbonyl (C=O) groups is 4. The molecule has 0 aromatic heterocycles. The van der Waals surface area contributed by atoms with Gasteiger partial charge < -0.3 is 15.4 Å². The third-order valence-electron chi connectivity index (χ3n) is 7.43. The van der Waals surface area contributed by atoms with Gasteiger partial charge in [-0.1, -0.05) is 52.9 Å². The molecule has 8 heteroatoms. The molecule has 2 aliphatic carbocycles. The Morgan fingerprint density at radius 2 is 1.62 bits per heavy atom. The van der Waals surface area contributed by atoms with Crippen molar-refractivity contribution in [2.45, 2.75) is 103 Å². The SMILES string of the molecule is CC(C)(C)C1CCC2(CC1)NC(=O)N(CC(=O)OCC(=O)NC1CCCCCCC1)C2=O. The van der Waals surface area contributed by atoms with Gasteiger partial charge in [-0.2, -0.15) is 0 Å². The first kappa shape index (κ1) is 24.5. The van der Waals surface area contributed by atoms with Crippen LogP contribution in [0.2, 0.25) is 0 Å². The molecule has 2 N–H and O–H groups in total. The highest BCUT2D eigenvalue weighted by molar-refractivity contribution is 6.08. The molecule has 4 amide bonds. The fraction of sp³-hybridized carbons (Fsp3) is 0.833. The van der Waals surface area contributed by atoms with Gasteiger partial charge in [-0.25, -0.2) is 4.79 Å². The van der Waals surface area contributed by atoms with Crippen LogP contribution >= 0.6 is 0 Å². The number of hydrogen-bond donors (Lipinski definition) is 2. The van der Waals surface area contributed by atoms with Gasteiger partial charge in [-0.05, 0) is 49.9 Å². The fourth-order valence-electron chi connectivity index (χ4n) is 5.33. The highest BCUT2D eigenvalue weighted by atomic mass is 16.5. The Bertz CT molecular complexity index is 714. The topological polar surface area (TPSA) is 105 Å². The zero-order valence-corrected chi connectivity index (χ0v) is 19.8. The molecule has 3 rings (SSSR count). The van der Waals surface area contributed by atoms with Gasteiger partial charge in [0.25, 0.3) is 11.8 Å². The molecule has 8 nitrogen and oxygen atoms in total. The van der Waals surface area contributed by atoms with E-state index < -0.39 is 30.7 Å². The second kappa shape index (κ2) is 10.2. The van der Waals surface area contributed by atoms with Crippen molar-refractivity contribution in [3.63, 3.8) is 0 Å². The van der Waals surface area contributed by atoms with Gasteiger partial charge >= 0.3 is 12.0 Å². The predicted molar refractivity (Wildman–Crippen MR) is 120 cm³/mol. The minimum absolute atomic E-state index is 0.121. The number of imide groups is 1. The van der Waals surface area contributed by atoms with E-state index in [1.165, 1.54) is 19.3 Å². The van der Waals surface area contributed by atoms with Crippen LogP contribution in [0.25, 0.3) is 0 Å². The van der Waals surface area contributed by atoms with Gasteiger partial charge in [0, 0.05) is 6.04 Å². The van der Waals surface area contributed by atoms with Gasteiger partial charge in [-0.15, -0.1) is 0 Å². The number of rotatable bonds is 5. The molecule has 0 aromatic rings. The number of ether oxygens (including phenoxy) is 1. The summed E-state index contributed by atoms with van der Waals surface area (Å²) in [6, 6.07) is -0.435. The third kappa shape index (κ3) is 6.01. The standard InChI is InChI=1S/C24H39N3O5/c1-23(2,3)17-11-13-24(14-12-17)21(30)27(22(31)26-24)15-20(29)32-16-19(28)25-18-9-7-5-4-6-8-10-18/h17-18H,4-16H2,1-3H3,(H,25,28)(H,26,31). The molecule has 0 radical (unpaired) electrons. The second-order valence-electron chi connectivity index (χ2n) is 10.8. The maximum absolute atomic E-state index is 13.0. The lowest BCUT2D eigenvalue weighted by molar-refractivity contribution is -0.151. The lowest BCUT2D eigenvalue weighted by atomic mass is 9.67. The van der Waals surface area contributed by atoms with Crippen LogP contribution in [-0.4, -0.2) is 53.4 Å². The number of hydrogen-bond acceptors (Lipinski definition) is 5. The van der Waals surface area contributed by atoms with E-state index in [0.29, 0.717) is 18.8 Å². The fourth-order valence-corrected chi connectivity index (χ4v) is 5.33. The zero-order chi connectivity index (χ0) is 23.4. The van der Waals surface area contributed by atoms with E-state index in [1.807, 2.05) is 0 Å². The van der Waals surface area contributed by atoms with Crippen LogP contribution in [-0.2, 0) is 19.1 Å². The van der Waals surface area contributed by atoms with Crippen LogP contribution in [0.4, 0.5) is 4.79 Å². The predicted octanol–water partition coefficient (Wildman–Crippen LogP) is 3.29. The Balaban J connectivity index is 1.45.